The van der Waals surface area contributed by atoms with E-state index in [1.54, 1.807) is 31.2 Å². The molecule has 0 spiro atoms. The van der Waals surface area contributed by atoms with Gasteiger partial charge < -0.3 is 10.6 Å². The van der Waals surface area contributed by atoms with E-state index >= 15 is 0 Å². The van der Waals surface area contributed by atoms with E-state index in [1.165, 1.54) is 11.2 Å². The fourth-order valence-corrected chi connectivity index (χ4v) is 4.27. The second-order valence-corrected chi connectivity index (χ2v) is 8.36. The molecule has 1 saturated heterocycles. The van der Waals surface area contributed by atoms with Gasteiger partial charge in [0, 0.05) is 26.1 Å². The van der Waals surface area contributed by atoms with Crippen LogP contribution in [0.1, 0.15) is 32.3 Å². The van der Waals surface area contributed by atoms with Crippen LogP contribution < -0.4 is 10.6 Å². The third-order valence-corrected chi connectivity index (χ3v) is 6.18. The molecule has 8 heteroatoms. The molecule has 1 aliphatic rings. The molecular formula is C17H25N3O4S. The number of amides is 2. The van der Waals surface area contributed by atoms with Crippen molar-refractivity contribution in [1.82, 2.24) is 14.9 Å². The lowest BCUT2D eigenvalue weighted by Gasteiger charge is -2.32. The number of nitrogens with one attached hydrogen (secondary N) is 2. The normalized spacial score (nSPS) is 17.7. The summed E-state index contributed by atoms with van der Waals surface area (Å²) in [7, 11) is -3.50. The van der Waals surface area contributed by atoms with Crippen molar-refractivity contribution in [2.45, 2.75) is 50.6 Å². The maximum absolute atomic E-state index is 12.6. The highest BCUT2D eigenvalue weighted by Crippen LogP contribution is 2.21. The number of benzene rings is 1. The summed E-state index contributed by atoms with van der Waals surface area (Å²) in [5.41, 5.74) is 1.01. The predicted octanol–water partition coefficient (Wildman–Crippen LogP) is 0.789. The van der Waals surface area contributed by atoms with Gasteiger partial charge in [-0.2, -0.15) is 4.31 Å². The molecule has 2 rings (SSSR count). The van der Waals surface area contributed by atoms with Gasteiger partial charge in [-0.1, -0.05) is 17.7 Å². The molecule has 1 fully saturated rings. The summed E-state index contributed by atoms with van der Waals surface area (Å²) >= 11 is 0. The maximum atomic E-state index is 12.6. The van der Waals surface area contributed by atoms with Crippen LogP contribution in [0.2, 0.25) is 0 Å². The molecule has 0 radical (unpaired) electrons. The summed E-state index contributed by atoms with van der Waals surface area (Å²) in [6.45, 7) is 5.60. The van der Waals surface area contributed by atoms with Crippen LogP contribution in [-0.4, -0.2) is 49.7 Å². The van der Waals surface area contributed by atoms with Gasteiger partial charge in [0.05, 0.1) is 4.90 Å². The summed E-state index contributed by atoms with van der Waals surface area (Å²) < 4.78 is 26.8. The third-order valence-electron chi connectivity index (χ3n) is 4.27. The standard InChI is InChI=1S/C17H25N3O4S/c1-12-4-6-16(7-5-12)25(23,24)20-10-8-15(9-11-20)19-17(22)13(2)18-14(3)21/h4-7,13,15H,8-11H2,1-3H3,(H,18,21)(H,19,22). The number of sulfonamides is 1. The zero-order valence-corrected chi connectivity index (χ0v) is 15.6. The smallest absolute Gasteiger partial charge is 0.243 e. The Hall–Kier alpha value is -1.93. The van der Waals surface area contributed by atoms with E-state index in [0.717, 1.165) is 5.56 Å². The van der Waals surface area contributed by atoms with E-state index in [2.05, 4.69) is 10.6 Å². The Kier molecular flexibility index (Phi) is 6.18. The van der Waals surface area contributed by atoms with Gasteiger partial charge in [-0.15, -0.1) is 0 Å². The highest BCUT2D eigenvalue weighted by atomic mass is 32.2. The lowest BCUT2D eigenvalue weighted by Crippen LogP contribution is -2.51. The molecule has 1 unspecified atom stereocenters. The van der Waals surface area contributed by atoms with Crippen molar-refractivity contribution in [2.75, 3.05) is 13.1 Å². The SMILES string of the molecule is CC(=O)NC(C)C(=O)NC1CCN(S(=O)(=O)c2ccc(C)cc2)CC1. The molecule has 2 amide bonds. The van der Waals surface area contributed by atoms with Gasteiger partial charge >= 0.3 is 0 Å². The topological polar surface area (TPSA) is 95.6 Å². The minimum atomic E-state index is -3.50. The fraction of sp³-hybridized carbons (Fsp3) is 0.529. The Labute approximate surface area is 148 Å². The minimum absolute atomic E-state index is 0.0897. The molecule has 0 saturated carbocycles. The van der Waals surface area contributed by atoms with Crippen molar-refractivity contribution in [1.29, 1.82) is 0 Å². The van der Waals surface area contributed by atoms with Gasteiger partial charge in [-0.3, -0.25) is 9.59 Å². The van der Waals surface area contributed by atoms with Gasteiger partial charge in [-0.25, -0.2) is 8.42 Å². The van der Waals surface area contributed by atoms with Crippen LogP contribution in [0.15, 0.2) is 29.2 Å². The summed E-state index contributed by atoms with van der Waals surface area (Å²) in [6, 6.07) is 6.10. The van der Waals surface area contributed by atoms with Gasteiger partial charge in [-0.05, 0) is 38.8 Å². The first-order chi connectivity index (χ1) is 11.7. The molecule has 2 N–H and O–H groups in total. The van der Waals surface area contributed by atoms with Crippen LogP contribution in [0.3, 0.4) is 0 Å². The minimum Gasteiger partial charge on any atom is -0.351 e. The molecular weight excluding hydrogens is 342 g/mol. The van der Waals surface area contributed by atoms with Crippen LogP contribution in [0, 0.1) is 6.92 Å². The van der Waals surface area contributed by atoms with Crippen molar-refractivity contribution in [3.8, 4) is 0 Å². The second-order valence-electron chi connectivity index (χ2n) is 6.42. The van der Waals surface area contributed by atoms with Gasteiger partial charge in [0.25, 0.3) is 0 Å². The van der Waals surface area contributed by atoms with Gasteiger partial charge in [0.1, 0.15) is 6.04 Å². The summed E-state index contributed by atoms with van der Waals surface area (Å²) in [6.07, 6.45) is 1.09. The van der Waals surface area contributed by atoms with Crippen molar-refractivity contribution in [3.63, 3.8) is 0 Å². The van der Waals surface area contributed by atoms with Crippen LogP contribution in [0.25, 0.3) is 0 Å². The Bertz CT molecular complexity index is 723. The molecule has 1 aromatic rings. The van der Waals surface area contributed by atoms with Crippen LogP contribution in [0.5, 0.6) is 0 Å². The lowest BCUT2D eigenvalue weighted by molar-refractivity contribution is -0.128. The van der Waals surface area contributed by atoms with Crippen molar-refractivity contribution >= 4 is 21.8 Å². The predicted molar refractivity (Wildman–Crippen MR) is 94.4 cm³/mol. The van der Waals surface area contributed by atoms with Crippen LogP contribution >= 0.6 is 0 Å². The monoisotopic (exact) mass is 367 g/mol. The first kappa shape index (κ1) is 19.4. The molecule has 0 aromatic heterocycles. The zero-order chi connectivity index (χ0) is 18.6. The first-order valence-corrected chi connectivity index (χ1v) is 9.78. The molecule has 1 aromatic carbocycles. The maximum Gasteiger partial charge on any atom is 0.243 e. The highest BCUT2D eigenvalue weighted by Gasteiger charge is 2.30. The number of aryl methyl sites for hydroxylation is 1. The van der Waals surface area contributed by atoms with E-state index in [0.29, 0.717) is 30.8 Å². The molecule has 1 aliphatic heterocycles. The quantitative estimate of drug-likeness (QED) is 0.804. The van der Waals surface area contributed by atoms with Gasteiger partial charge in [0.2, 0.25) is 21.8 Å². The Morgan fingerprint density at radius 3 is 2.24 bits per heavy atom. The van der Waals surface area contributed by atoms with E-state index in [4.69, 9.17) is 0 Å². The number of nitrogens with zero attached hydrogens (tertiary/aromatic N) is 1. The number of carbonyl (C=O) groups is 2. The first-order valence-electron chi connectivity index (χ1n) is 8.34. The summed E-state index contributed by atoms with van der Waals surface area (Å²) in [5.74, 6) is -0.517. The number of hydrogen-bond donors (Lipinski definition) is 2. The van der Waals surface area contributed by atoms with Crippen molar-refractivity contribution in [2.24, 2.45) is 0 Å². The zero-order valence-electron chi connectivity index (χ0n) is 14.8. The number of carbonyl (C=O) groups excluding carboxylic acids is 2. The van der Waals surface area contributed by atoms with E-state index in [9.17, 15) is 18.0 Å². The third kappa shape index (κ3) is 5.02. The molecule has 138 valence electrons. The Morgan fingerprint density at radius 1 is 1.16 bits per heavy atom. The summed E-state index contributed by atoms with van der Waals surface area (Å²) in [4.78, 5) is 23.3. The van der Waals surface area contributed by atoms with Crippen LogP contribution in [0.4, 0.5) is 0 Å². The lowest BCUT2D eigenvalue weighted by atomic mass is 10.1. The number of hydrogen-bond acceptors (Lipinski definition) is 4. The van der Waals surface area contributed by atoms with E-state index < -0.39 is 16.1 Å². The highest BCUT2D eigenvalue weighted by molar-refractivity contribution is 7.89. The fourth-order valence-electron chi connectivity index (χ4n) is 2.80. The molecule has 1 heterocycles. The molecule has 25 heavy (non-hydrogen) atoms. The van der Waals surface area contributed by atoms with E-state index in [-0.39, 0.29) is 17.9 Å². The molecule has 1 atom stereocenters. The molecule has 7 nitrogen and oxygen atoms in total. The number of piperidine rings is 1. The molecule has 0 aliphatic carbocycles. The van der Waals surface area contributed by atoms with Crippen LogP contribution in [-0.2, 0) is 19.6 Å². The number of rotatable bonds is 5. The average molecular weight is 367 g/mol. The van der Waals surface area contributed by atoms with Crippen molar-refractivity contribution < 1.29 is 18.0 Å². The summed E-state index contributed by atoms with van der Waals surface area (Å²) in [5, 5.41) is 5.40. The Balaban J connectivity index is 1.92. The largest absolute Gasteiger partial charge is 0.351 e. The van der Waals surface area contributed by atoms with Crippen molar-refractivity contribution in [3.05, 3.63) is 29.8 Å². The van der Waals surface area contributed by atoms with E-state index in [1.807, 2.05) is 6.92 Å². The second kappa shape index (κ2) is 7.97. The molecule has 0 bridgehead atoms. The van der Waals surface area contributed by atoms with Gasteiger partial charge in [0.15, 0.2) is 0 Å². The average Bonchev–Trinajstić information content (AvgIpc) is 2.55. The Morgan fingerprint density at radius 2 is 1.72 bits per heavy atom.